The van der Waals surface area contributed by atoms with Gasteiger partial charge in [-0.15, -0.1) is 0 Å². The van der Waals surface area contributed by atoms with Gasteiger partial charge in [0, 0.05) is 18.7 Å². The molecule has 4 aromatic rings. The molecule has 0 spiro atoms. The van der Waals surface area contributed by atoms with E-state index in [9.17, 15) is 4.79 Å². The van der Waals surface area contributed by atoms with Crippen molar-refractivity contribution < 1.29 is 13.7 Å². The second kappa shape index (κ2) is 8.70. The van der Waals surface area contributed by atoms with Gasteiger partial charge in [0.15, 0.2) is 5.76 Å². The van der Waals surface area contributed by atoms with Gasteiger partial charge in [0.05, 0.1) is 11.6 Å². The highest BCUT2D eigenvalue weighted by Gasteiger charge is 2.29. The molecule has 1 aliphatic heterocycles. The Labute approximate surface area is 186 Å². The van der Waals surface area contributed by atoms with E-state index in [-0.39, 0.29) is 11.9 Å². The number of rotatable bonds is 4. The van der Waals surface area contributed by atoms with Crippen LogP contribution in [0.25, 0.3) is 22.7 Å². The van der Waals surface area contributed by atoms with E-state index in [0.29, 0.717) is 30.6 Å². The van der Waals surface area contributed by atoms with Crippen LogP contribution in [0, 0.1) is 6.92 Å². The molecule has 0 saturated carbocycles. The van der Waals surface area contributed by atoms with E-state index in [0.717, 1.165) is 35.4 Å². The predicted molar refractivity (Wildman–Crippen MR) is 121 cm³/mol. The number of benzene rings is 2. The summed E-state index contributed by atoms with van der Waals surface area (Å²) in [6.07, 6.45) is 1.76. The Morgan fingerprint density at radius 3 is 2.69 bits per heavy atom. The summed E-state index contributed by atoms with van der Waals surface area (Å²) in [5.74, 6) is 2.35. The number of likely N-dealkylation sites (tertiary alicyclic amines) is 1. The number of aromatic nitrogens is 2. The molecule has 1 fully saturated rings. The Balaban J connectivity index is 1.30. The molecule has 0 unspecified atom stereocenters. The van der Waals surface area contributed by atoms with E-state index in [1.54, 1.807) is 0 Å². The molecule has 7 heteroatoms. The molecular formula is C25H24N4O3. The summed E-state index contributed by atoms with van der Waals surface area (Å²) < 4.78 is 11.1. The van der Waals surface area contributed by atoms with Gasteiger partial charge in [-0.1, -0.05) is 53.7 Å². The summed E-state index contributed by atoms with van der Waals surface area (Å²) in [6, 6.07) is 21.5. The minimum atomic E-state index is -0.125. The van der Waals surface area contributed by atoms with Crippen molar-refractivity contribution in [1.82, 2.24) is 15.0 Å². The summed E-state index contributed by atoms with van der Waals surface area (Å²) in [7, 11) is 0. The summed E-state index contributed by atoms with van der Waals surface area (Å²) in [5.41, 5.74) is 2.84. The number of hydrogen-bond acceptors (Lipinski definition) is 5. The number of nitrogens with zero attached hydrogens (tertiary/aromatic N) is 3. The fourth-order valence-electron chi connectivity index (χ4n) is 4.07. The third kappa shape index (κ3) is 4.14. The number of para-hydroxylation sites is 1. The van der Waals surface area contributed by atoms with Crippen LogP contribution in [0.5, 0.6) is 0 Å². The fraction of sp³-hybridized carbons (Fsp3) is 0.240. The number of piperidine rings is 1. The molecule has 1 atom stereocenters. The lowest BCUT2D eigenvalue weighted by Crippen LogP contribution is -2.41. The second-order valence-corrected chi connectivity index (χ2v) is 7.99. The van der Waals surface area contributed by atoms with Crippen molar-refractivity contribution in [2.24, 2.45) is 0 Å². The minimum absolute atomic E-state index is 0.00354. The standard InChI is InChI=1S/C25H24N4O3/c1-17-13-14-22(31-17)23-27-24(32-28-23)19-10-7-15-29(16-19)25(30)26-21-12-6-5-11-20(21)18-8-3-2-4-9-18/h2-6,8-9,11-14,19H,7,10,15-16H2,1H3,(H,26,30)/t19-/m0/s1. The number of nitrogens with one attached hydrogen (secondary N) is 1. The van der Waals surface area contributed by atoms with E-state index >= 15 is 0 Å². The van der Waals surface area contributed by atoms with E-state index in [1.807, 2.05) is 78.6 Å². The number of furan rings is 1. The van der Waals surface area contributed by atoms with Crippen LogP contribution in [0.4, 0.5) is 10.5 Å². The molecule has 2 aromatic heterocycles. The van der Waals surface area contributed by atoms with Crippen LogP contribution in [0.2, 0.25) is 0 Å². The average Bonchev–Trinajstić information content (AvgIpc) is 3.49. The lowest BCUT2D eigenvalue weighted by atomic mass is 9.98. The first-order valence-corrected chi connectivity index (χ1v) is 10.8. The smallest absolute Gasteiger partial charge is 0.321 e. The molecular weight excluding hydrogens is 404 g/mol. The Morgan fingerprint density at radius 2 is 1.88 bits per heavy atom. The highest BCUT2D eigenvalue weighted by Crippen LogP contribution is 2.30. The van der Waals surface area contributed by atoms with Crippen LogP contribution >= 0.6 is 0 Å². The number of amides is 2. The van der Waals surface area contributed by atoms with Gasteiger partial charge in [-0.25, -0.2) is 4.79 Å². The molecule has 162 valence electrons. The minimum Gasteiger partial charge on any atom is -0.458 e. The topological polar surface area (TPSA) is 84.4 Å². The van der Waals surface area contributed by atoms with Crippen LogP contribution in [0.3, 0.4) is 0 Å². The lowest BCUT2D eigenvalue weighted by Gasteiger charge is -2.31. The van der Waals surface area contributed by atoms with Crippen molar-refractivity contribution in [3.8, 4) is 22.7 Å². The Hall–Kier alpha value is -3.87. The van der Waals surface area contributed by atoms with Gasteiger partial charge in [0.1, 0.15) is 5.76 Å². The van der Waals surface area contributed by atoms with E-state index in [2.05, 4.69) is 15.5 Å². The maximum Gasteiger partial charge on any atom is 0.321 e. The van der Waals surface area contributed by atoms with Gasteiger partial charge in [-0.3, -0.25) is 0 Å². The van der Waals surface area contributed by atoms with Crippen molar-refractivity contribution in [3.05, 3.63) is 78.4 Å². The Morgan fingerprint density at radius 1 is 1.06 bits per heavy atom. The first kappa shape index (κ1) is 20.1. The predicted octanol–water partition coefficient (Wildman–Crippen LogP) is 5.72. The third-order valence-electron chi connectivity index (χ3n) is 5.71. The lowest BCUT2D eigenvalue weighted by molar-refractivity contribution is 0.184. The molecule has 1 N–H and O–H groups in total. The van der Waals surface area contributed by atoms with Crippen molar-refractivity contribution in [3.63, 3.8) is 0 Å². The monoisotopic (exact) mass is 428 g/mol. The summed E-state index contributed by atoms with van der Waals surface area (Å²) in [5, 5.41) is 7.15. The Kier molecular flexibility index (Phi) is 5.46. The van der Waals surface area contributed by atoms with Crippen LogP contribution in [0.1, 0.15) is 30.4 Å². The number of aryl methyl sites for hydroxylation is 1. The van der Waals surface area contributed by atoms with Crippen molar-refractivity contribution >= 4 is 11.7 Å². The molecule has 1 aliphatic rings. The summed E-state index contributed by atoms with van der Waals surface area (Å²) in [4.78, 5) is 19.4. The largest absolute Gasteiger partial charge is 0.458 e. The van der Waals surface area contributed by atoms with Crippen LogP contribution < -0.4 is 5.32 Å². The Bertz CT molecular complexity index is 1210. The normalized spacial score (nSPS) is 16.2. The van der Waals surface area contributed by atoms with Crippen molar-refractivity contribution in [2.45, 2.75) is 25.7 Å². The van der Waals surface area contributed by atoms with Gasteiger partial charge in [0.2, 0.25) is 11.7 Å². The molecule has 1 saturated heterocycles. The zero-order valence-corrected chi connectivity index (χ0v) is 17.8. The zero-order valence-electron chi connectivity index (χ0n) is 17.8. The maximum atomic E-state index is 13.1. The van der Waals surface area contributed by atoms with Crippen molar-refractivity contribution in [2.75, 3.05) is 18.4 Å². The van der Waals surface area contributed by atoms with Gasteiger partial charge in [-0.05, 0) is 43.5 Å². The van der Waals surface area contributed by atoms with Crippen LogP contribution in [0.15, 0.2) is 75.7 Å². The quantitative estimate of drug-likeness (QED) is 0.450. The molecule has 0 bridgehead atoms. The van der Waals surface area contributed by atoms with Gasteiger partial charge in [0.25, 0.3) is 0 Å². The molecule has 2 amide bonds. The number of anilines is 1. The number of urea groups is 1. The molecule has 0 aliphatic carbocycles. The zero-order chi connectivity index (χ0) is 21.9. The molecule has 2 aromatic carbocycles. The number of carbonyl (C=O) groups is 1. The molecule has 7 nitrogen and oxygen atoms in total. The highest BCUT2D eigenvalue weighted by molar-refractivity contribution is 5.94. The molecule has 0 radical (unpaired) electrons. The van der Waals surface area contributed by atoms with Gasteiger partial charge in [-0.2, -0.15) is 4.98 Å². The summed E-state index contributed by atoms with van der Waals surface area (Å²) in [6.45, 7) is 3.09. The van der Waals surface area contributed by atoms with Crippen molar-refractivity contribution in [1.29, 1.82) is 0 Å². The number of hydrogen-bond donors (Lipinski definition) is 1. The second-order valence-electron chi connectivity index (χ2n) is 7.99. The first-order chi connectivity index (χ1) is 15.7. The van der Waals surface area contributed by atoms with E-state index < -0.39 is 0 Å². The maximum absolute atomic E-state index is 13.1. The molecule has 5 rings (SSSR count). The third-order valence-corrected chi connectivity index (χ3v) is 5.71. The van der Waals surface area contributed by atoms with Gasteiger partial charge < -0.3 is 19.2 Å². The van der Waals surface area contributed by atoms with Crippen LogP contribution in [-0.4, -0.2) is 34.2 Å². The van der Waals surface area contributed by atoms with Crippen LogP contribution in [-0.2, 0) is 0 Å². The highest BCUT2D eigenvalue weighted by atomic mass is 16.5. The van der Waals surface area contributed by atoms with Gasteiger partial charge >= 0.3 is 6.03 Å². The molecule has 3 heterocycles. The van der Waals surface area contributed by atoms with E-state index in [1.165, 1.54) is 0 Å². The average molecular weight is 428 g/mol. The number of carbonyl (C=O) groups excluding carboxylic acids is 1. The van der Waals surface area contributed by atoms with E-state index in [4.69, 9.17) is 8.94 Å². The molecule has 32 heavy (non-hydrogen) atoms. The summed E-state index contributed by atoms with van der Waals surface area (Å²) >= 11 is 0. The fourth-order valence-corrected chi connectivity index (χ4v) is 4.07. The first-order valence-electron chi connectivity index (χ1n) is 10.8. The SMILES string of the molecule is Cc1ccc(-c2noc([C@H]3CCCN(C(=O)Nc4ccccc4-c4ccccc4)C3)n2)o1.